The summed E-state index contributed by atoms with van der Waals surface area (Å²) in [5, 5.41) is 0.432. The van der Waals surface area contributed by atoms with Gasteiger partial charge in [-0.15, -0.1) is 0 Å². The molecular weight excluding hydrogens is 260 g/mol. The maximum absolute atomic E-state index is 12.5. The van der Waals surface area contributed by atoms with Crippen LogP contribution in [-0.4, -0.2) is 23.9 Å². The molecule has 1 amide bonds. The number of nitrogens with two attached hydrogens (primary N) is 1. The van der Waals surface area contributed by atoms with E-state index in [4.69, 9.17) is 17.3 Å². The van der Waals surface area contributed by atoms with E-state index in [2.05, 4.69) is 6.92 Å². The van der Waals surface area contributed by atoms with Gasteiger partial charge in [0.1, 0.15) is 0 Å². The molecule has 2 rings (SSSR count). The van der Waals surface area contributed by atoms with Crippen LogP contribution in [0.1, 0.15) is 43.0 Å². The number of benzene rings is 1. The fraction of sp³-hybridized carbons (Fsp3) is 0.533. The van der Waals surface area contributed by atoms with Crippen LogP contribution in [0.5, 0.6) is 0 Å². The number of hydrogen-bond donors (Lipinski definition) is 1. The fourth-order valence-electron chi connectivity index (χ4n) is 2.74. The molecule has 0 unspecified atom stereocenters. The van der Waals surface area contributed by atoms with Crippen LogP contribution in [-0.2, 0) is 0 Å². The maximum Gasteiger partial charge on any atom is 0.257 e. The van der Waals surface area contributed by atoms with Gasteiger partial charge in [0.05, 0.1) is 10.6 Å². The Kier molecular flexibility index (Phi) is 4.35. The van der Waals surface area contributed by atoms with Crippen LogP contribution in [0.15, 0.2) is 18.2 Å². The first kappa shape index (κ1) is 14.2. The molecule has 1 aromatic rings. The third-order valence-electron chi connectivity index (χ3n) is 4.11. The van der Waals surface area contributed by atoms with E-state index >= 15 is 0 Å². The second-order valence-electron chi connectivity index (χ2n) is 5.53. The molecule has 1 saturated carbocycles. The summed E-state index contributed by atoms with van der Waals surface area (Å²) in [6, 6.07) is 5.49. The van der Waals surface area contributed by atoms with Crippen LogP contribution in [0.25, 0.3) is 0 Å². The number of amides is 1. The zero-order valence-electron chi connectivity index (χ0n) is 11.5. The molecule has 19 heavy (non-hydrogen) atoms. The first-order valence-corrected chi connectivity index (χ1v) is 7.19. The van der Waals surface area contributed by atoms with Crippen LogP contribution in [0.4, 0.5) is 5.69 Å². The first-order chi connectivity index (χ1) is 9.00. The fourth-order valence-corrected chi connectivity index (χ4v) is 3.00. The van der Waals surface area contributed by atoms with Crippen molar-refractivity contribution in [3.05, 3.63) is 28.8 Å². The number of anilines is 1. The summed E-state index contributed by atoms with van der Waals surface area (Å²) in [6.45, 7) is 2.27. The molecule has 0 atom stereocenters. The van der Waals surface area contributed by atoms with Crippen LogP contribution in [0.3, 0.4) is 0 Å². The van der Waals surface area contributed by atoms with E-state index in [1.165, 1.54) is 12.8 Å². The number of halogens is 1. The second-order valence-corrected chi connectivity index (χ2v) is 5.94. The lowest BCUT2D eigenvalue weighted by atomic mass is 9.86. The van der Waals surface area contributed by atoms with E-state index < -0.39 is 0 Å². The maximum atomic E-state index is 12.5. The van der Waals surface area contributed by atoms with Gasteiger partial charge in [0.2, 0.25) is 0 Å². The number of nitrogen functional groups attached to an aromatic ring is 1. The minimum absolute atomic E-state index is 0.0670. The van der Waals surface area contributed by atoms with E-state index in [0.29, 0.717) is 22.3 Å². The number of rotatable bonds is 2. The molecule has 0 aliphatic heterocycles. The standard InChI is InChI=1S/C15H21ClN2O/c1-10-6-8-11(9-7-10)18(2)15(19)14-12(16)4-3-5-13(14)17/h3-5,10-11H,6-9,17H2,1-2H3. The van der Waals surface area contributed by atoms with Gasteiger partial charge in [0.15, 0.2) is 0 Å². The van der Waals surface area contributed by atoms with Crippen molar-refractivity contribution in [3.63, 3.8) is 0 Å². The SMILES string of the molecule is CC1CCC(N(C)C(=O)c2c(N)cccc2Cl)CC1. The van der Waals surface area contributed by atoms with Gasteiger partial charge in [-0.05, 0) is 43.7 Å². The van der Waals surface area contributed by atoms with Gasteiger partial charge in [-0.3, -0.25) is 4.79 Å². The Labute approximate surface area is 119 Å². The van der Waals surface area contributed by atoms with Crippen molar-refractivity contribution in [3.8, 4) is 0 Å². The third-order valence-corrected chi connectivity index (χ3v) is 4.43. The monoisotopic (exact) mass is 280 g/mol. The largest absolute Gasteiger partial charge is 0.398 e. The Morgan fingerprint density at radius 3 is 2.53 bits per heavy atom. The van der Waals surface area contributed by atoms with Crippen LogP contribution < -0.4 is 5.73 Å². The highest BCUT2D eigenvalue weighted by Gasteiger charge is 2.27. The topological polar surface area (TPSA) is 46.3 Å². The molecule has 1 aromatic carbocycles. The van der Waals surface area contributed by atoms with Gasteiger partial charge in [0, 0.05) is 18.8 Å². The molecule has 0 bridgehead atoms. The number of nitrogens with zero attached hydrogens (tertiary/aromatic N) is 1. The van der Waals surface area contributed by atoms with Crippen molar-refractivity contribution in [2.24, 2.45) is 5.92 Å². The highest BCUT2D eigenvalue weighted by atomic mass is 35.5. The summed E-state index contributed by atoms with van der Waals surface area (Å²) < 4.78 is 0. The molecule has 1 fully saturated rings. The predicted octanol–water partition coefficient (Wildman–Crippen LogP) is 3.57. The summed E-state index contributed by atoms with van der Waals surface area (Å²) in [7, 11) is 1.85. The predicted molar refractivity (Wildman–Crippen MR) is 79.4 cm³/mol. The molecule has 0 heterocycles. The lowest BCUT2D eigenvalue weighted by Gasteiger charge is -2.34. The minimum Gasteiger partial charge on any atom is -0.398 e. The van der Waals surface area contributed by atoms with E-state index in [9.17, 15) is 4.79 Å². The minimum atomic E-state index is -0.0670. The van der Waals surface area contributed by atoms with Gasteiger partial charge in [-0.25, -0.2) is 0 Å². The van der Waals surface area contributed by atoms with Crippen molar-refractivity contribution in [2.45, 2.75) is 38.6 Å². The quantitative estimate of drug-likeness (QED) is 0.842. The van der Waals surface area contributed by atoms with E-state index in [1.54, 1.807) is 18.2 Å². The molecule has 3 nitrogen and oxygen atoms in total. The number of hydrogen-bond acceptors (Lipinski definition) is 2. The third kappa shape index (κ3) is 3.03. The van der Waals surface area contributed by atoms with Gasteiger partial charge < -0.3 is 10.6 Å². The van der Waals surface area contributed by atoms with Gasteiger partial charge in [-0.2, -0.15) is 0 Å². The Balaban J connectivity index is 2.15. The van der Waals surface area contributed by atoms with Gasteiger partial charge in [0.25, 0.3) is 5.91 Å². The highest BCUT2D eigenvalue weighted by Crippen LogP contribution is 2.29. The summed E-state index contributed by atoms with van der Waals surface area (Å²) in [5.41, 5.74) is 6.77. The molecule has 1 aliphatic rings. The zero-order valence-corrected chi connectivity index (χ0v) is 12.3. The molecular formula is C15H21ClN2O. The summed E-state index contributed by atoms with van der Waals surface area (Å²) in [6.07, 6.45) is 4.49. The zero-order chi connectivity index (χ0) is 14.0. The van der Waals surface area contributed by atoms with Crippen molar-refractivity contribution in [1.29, 1.82) is 0 Å². The molecule has 104 valence electrons. The average molecular weight is 281 g/mol. The summed E-state index contributed by atoms with van der Waals surface area (Å²) in [4.78, 5) is 14.3. The Morgan fingerprint density at radius 2 is 1.95 bits per heavy atom. The highest BCUT2D eigenvalue weighted by molar-refractivity contribution is 6.34. The Bertz CT molecular complexity index is 447. The lowest BCUT2D eigenvalue weighted by molar-refractivity contribution is 0.0681. The van der Waals surface area contributed by atoms with Crippen LogP contribution in [0.2, 0.25) is 5.02 Å². The molecule has 0 radical (unpaired) electrons. The first-order valence-electron chi connectivity index (χ1n) is 6.82. The molecule has 0 spiro atoms. The molecule has 2 N–H and O–H groups in total. The average Bonchev–Trinajstić information content (AvgIpc) is 2.38. The molecule has 4 heteroatoms. The number of carbonyl (C=O) groups is 1. The lowest BCUT2D eigenvalue weighted by Crippen LogP contribution is -2.39. The van der Waals surface area contributed by atoms with E-state index in [1.807, 2.05) is 11.9 Å². The van der Waals surface area contributed by atoms with Crippen LogP contribution in [0, 0.1) is 5.92 Å². The summed E-state index contributed by atoms with van der Waals surface area (Å²) in [5.74, 6) is 0.702. The number of carbonyl (C=O) groups excluding carboxylic acids is 1. The smallest absolute Gasteiger partial charge is 0.257 e. The Hall–Kier alpha value is -1.22. The van der Waals surface area contributed by atoms with Crippen molar-refractivity contribution >= 4 is 23.2 Å². The molecule has 0 aromatic heterocycles. The van der Waals surface area contributed by atoms with Crippen LogP contribution >= 0.6 is 11.6 Å². The molecule has 1 aliphatic carbocycles. The van der Waals surface area contributed by atoms with Gasteiger partial charge in [-0.1, -0.05) is 24.6 Å². The van der Waals surface area contributed by atoms with E-state index in [0.717, 1.165) is 18.8 Å². The van der Waals surface area contributed by atoms with E-state index in [-0.39, 0.29) is 5.91 Å². The normalized spacial score (nSPS) is 23.1. The summed E-state index contributed by atoms with van der Waals surface area (Å²) >= 11 is 6.10. The second kappa shape index (κ2) is 5.83. The van der Waals surface area contributed by atoms with Crippen molar-refractivity contribution in [1.82, 2.24) is 4.90 Å². The van der Waals surface area contributed by atoms with Crippen molar-refractivity contribution in [2.75, 3.05) is 12.8 Å². The van der Waals surface area contributed by atoms with Crippen molar-refractivity contribution < 1.29 is 4.79 Å². The Morgan fingerprint density at radius 1 is 1.32 bits per heavy atom. The van der Waals surface area contributed by atoms with Gasteiger partial charge >= 0.3 is 0 Å². The molecule has 0 saturated heterocycles.